The lowest BCUT2D eigenvalue weighted by Crippen LogP contribution is -2.23. The van der Waals surface area contributed by atoms with Crippen LogP contribution in [0, 0.1) is 6.92 Å². The van der Waals surface area contributed by atoms with Crippen LogP contribution in [-0.4, -0.2) is 27.2 Å². The SMILES string of the molecule is Cc1cc(N2CCCC2=O)ccc1-n1cnnc1. The molecule has 0 bridgehead atoms. The smallest absolute Gasteiger partial charge is 0.227 e. The maximum absolute atomic E-state index is 11.7. The zero-order valence-electron chi connectivity index (χ0n) is 10.2. The topological polar surface area (TPSA) is 51.0 Å². The van der Waals surface area contributed by atoms with Gasteiger partial charge in [0.05, 0.1) is 5.69 Å². The fourth-order valence-corrected chi connectivity index (χ4v) is 2.34. The van der Waals surface area contributed by atoms with E-state index in [9.17, 15) is 4.79 Å². The third-order valence-electron chi connectivity index (χ3n) is 3.26. The first-order chi connectivity index (χ1) is 8.75. The Labute approximate surface area is 105 Å². The van der Waals surface area contributed by atoms with Crippen LogP contribution in [0.3, 0.4) is 0 Å². The van der Waals surface area contributed by atoms with Crippen LogP contribution in [0.1, 0.15) is 18.4 Å². The first kappa shape index (κ1) is 11.0. The average molecular weight is 242 g/mol. The Balaban J connectivity index is 1.96. The van der Waals surface area contributed by atoms with Gasteiger partial charge in [-0.1, -0.05) is 0 Å². The summed E-state index contributed by atoms with van der Waals surface area (Å²) in [6.07, 6.45) is 4.95. The van der Waals surface area contributed by atoms with E-state index < -0.39 is 0 Å². The van der Waals surface area contributed by atoms with Crippen LogP contribution < -0.4 is 4.90 Å². The fourth-order valence-electron chi connectivity index (χ4n) is 2.34. The summed E-state index contributed by atoms with van der Waals surface area (Å²) in [4.78, 5) is 13.6. The lowest BCUT2D eigenvalue weighted by Gasteiger charge is -2.17. The van der Waals surface area contributed by atoms with Crippen LogP contribution >= 0.6 is 0 Å². The van der Waals surface area contributed by atoms with E-state index in [4.69, 9.17) is 0 Å². The number of carbonyl (C=O) groups is 1. The predicted octanol–water partition coefficient (Wildman–Crippen LogP) is 1.70. The minimum atomic E-state index is 0.214. The minimum Gasteiger partial charge on any atom is -0.312 e. The van der Waals surface area contributed by atoms with Gasteiger partial charge in [-0.2, -0.15) is 0 Å². The summed E-state index contributed by atoms with van der Waals surface area (Å²) in [5.41, 5.74) is 3.12. The Morgan fingerprint density at radius 3 is 2.61 bits per heavy atom. The molecule has 0 spiro atoms. The van der Waals surface area contributed by atoms with Crippen LogP contribution in [0.4, 0.5) is 5.69 Å². The predicted molar refractivity (Wildman–Crippen MR) is 67.7 cm³/mol. The molecule has 92 valence electrons. The molecule has 0 atom stereocenters. The second-order valence-corrected chi connectivity index (χ2v) is 4.49. The van der Waals surface area contributed by atoms with Crippen molar-refractivity contribution in [3.05, 3.63) is 36.4 Å². The molecule has 0 N–H and O–H groups in total. The summed E-state index contributed by atoms with van der Waals surface area (Å²) in [5, 5.41) is 7.60. The van der Waals surface area contributed by atoms with Gasteiger partial charge in [0.1, 0.15) is 12.7 Å². The zero-order chi connectivity index (χ0) is 12.5. The molecule has 5 nitrogen and oxygen atoms in total. The molecule has 2 aromatic rings. The lowest BCUT2D eigenvalue weighted by atomic mass is 10.1. The van der Waals surface area contributed by atoms with E-state index in [0.717, 1.165) is 29.9 Å². The fraction of sp³-hybridized carbons (Fsp3) is 0.308. The van der Waals surface area contributed by atoms with Gasteiger partial charge in [0.25, 0.3) is 0 Å². The number of benzene rings is 1. The third-order valence-corrected chi connectivity index (χ3v) is 3.26. The Hall–Kier alpha value is -2.17. The summed E-state index contributed by atoms with van der Waals surface area (Å²) in [6.45, 7) is 2.85. The van der Waals surface area contributed by atoms with Gasteiger partial charge < -0.3 is 4.90 Å². The summed E-state index contributed by atoms with van der Waals surface area (Å²) < 4.78 is 1.87. The van der Waals surface area contributed by atoms with E-state index in [0.29, 0.717) is 6.42 Å². The van der Waals surface area contributed by atoms with Crippen molar-refractivity contribution < 1.29 is 4.79 Å². The molecular weight excluding hydrogens is 228 g/mol. The van der Waals surface area contributed by atoms with E-state index in [1.165, 1.54) is 0 Å². The molecule has 0 aliphatic carbocycles. The maximum atomic E-state index is 11.7. The van der Waals surface area contributed by atoms with Crippen molar-refractivity contribution >= 4 is 11.6 Å². The molecule has 1 saturated heterocycles. The highest BCUT2D eigenvalue weighted by Gasteiger charge is 2.21. The Morgan fingerprint density at radius 1 is 1.22 bits per heavy atom. The monoisotopic (exact) mass is 242 g/mol. The normalized spacial score (nSPS) is 15.4. The third kappa shape index (κ3) is 1.77. The molecule has 0 unspecified atom stereocenters. The number of aromatic nitrogens is 3. The van der Waals surface area contributed by atoms with Gasteiger partial charge >= 0.3 is 0 Å². The Morgan fingerprint density at radius 2 is 2.00 bits per heavy atom. The second kappa shape index (κ2) is 4.25. The molecule has 1 fully saturated rings. The van der Waals surface area contributed by atoms with Gasteiger partial charge in [-0.25, -0.2) is 0 Å². The van der Waals surface area contributed by atoms with E-state index in [1.54, 1.807) is 12.7 Å². The van der Waals surface area contributed by atoms with Gasteiger partial charge in [-0.3, -0.25) is 9.36 Å². The molecule has 1 aromatic carbocycles. The van der Waals surface area contributed by atoms with Crippen molar-refractivity contribution in [3.8, 4) is 5.69 Å². The summed E-state index contributed by atoms with van der Waals surface area (Å²) >= 11 is 0. The first-order valence-corrected chi connectivity index (χ1v) is 6.02. The van der Waals surface area contributed by atoms with Crippen LogP contribution in [-0.2, 0) is 4.79 Å². The van der Waals surface area contributed by atoms with Crippen LogP contribution in [0.25, 0.3) is 5.69 Å². The van der Waals surface area contributed by atoms with Crippen molar-refractivity contribution in [1.82, 2.24) is 14.8 Å². The van der Waals surface area contributed by atoms with Crippen LogP contribution in [0.2, 0.25) is 0 Å². The van der Waals surface area contributed by atoms with Crippen molar-refractivity contribution in [2.45, 2.75) is 19.8 Å². The molecule has 5 heteroatoms. The van der Waals surface area contributed by atoms with Gasteiger partial charge in [0.2, 0.25) is 5.91 Å². The van der Waals surface area contributed by atoms with E-state index >= 15 is 0 Å². The maximum Gasteiger partial charge on any atom is 0.227 e. The van der Waals surface area contributed by atoms with Gasteiger partial charge in [0, 0.05) is 18.7 Å². The standard InChI is InChI=1S/C13H14N4O/c1-10-7-11(17-6-2-3-13(17)18)4-5-12(10)16-8-14-15-9-16/h4-5,7-9H,2-3,6H2,1H3. The minimum absolute atomic E-state index is 0.214. The second-order valence-electron chi connectivity index (χ2n) is 4.49. The number of hydrogen-bond donors (Lipinski definition) is 0. The van der Waals surface area contributed by atoms with Gasteiger partial charge in [-0.05, 0) is 37.1 Å². The number of amides is 1. The van der Waals surface area contributed by atoms with Crippen molar-refractivity contribution in [2.24, 2.45) is 0 Å². The quantitative estimate of drug-likeness (QED) is 0.805. The Kier molecular flexibility index (Phi) is 2.59. The van der Waals surface area contributed by atoms with Gasteiger partial charge in [0.15, 0.2) is 0 Å². The summed E-state index contributed by atoms with van der Waals surface area (Å²) in [7, 11) is 0. The molecule has 1 aromatic heterocycles. The zero-order valence-corrected chi connectivity index (χ0v) is 10.2. The molecular formula is C13H14N4O. The molecule has 0 saturated carbocycles. The molecule has 0 radical (unpaired) electrons. The van der Waals surface area contributed by atoms with E-state index in [1.807, 2.05) is 34.6 Å². The first-order valence-electron chi connectivity index (χ1n) is 6.02. The molecule has 1 amide bonds. The number of carbonyl (C=O) groups excluding carboxylic acids is 1. The molecule has 18 heavy (non-hydrogen) atoms. The molecule has 3 rings (SSSR count). The highest BCUT2D eigenvalue weighted by Crippen LogP contribution is 2.25. The van der Waals surface area contributed by atoms with E-state index in [2.05, 4.69) is 10.2 Å². The van der Waals surface area contributed by atoms with Crippen molar-refractivity contribution in [1.29, 1.82) is 0 Å². The van der Waals surface area contributed by atoms with E-state index in [-0.39, 0.29) is 5.91 Å². The highest BCUT2D eigenvalue weighted by atomic mass is 16.2. The van der Waals surface area contributed by atoms with Crippen LogP contribution in [0.5, 0.6) is 0 Å². The number of hydrogen-bond acceptors (Lipinski definition) is 3. The molecule has 1 aliphatic heterocycles. The van der Waals surface area contributed by atoms with Crippen molar-refractivity contribution in [3.63, 3.8) is 0 Å². The van der Waals surface area contributed by atoms with Gasteiger partial charge in [-0.15, -0.1) is 10.2 Å². The number of anilines is 1. The van der Waals surface area contributed by atoms with Crippen LogP contribution in [0.15, 0.2) is 30.9 Å². The average Bonchev–Trinajstić information content (AvgIpc) is 2.99. The number of aryl methyl sites for hydroxylation is 1. The summed E-state index contributed by atoms with van der Waals surface area (Å²) in [6, 6.07) is 6.02. The van der Waals surface area contributed by atoms with Crippen molar-refractivity contribution in [2.75, 3.05) is 11.4 Å². The molecule has 2 heterocycles. The number of rotatable bonds is 2. The Bertz CT molecular complexity index is 577. The summed E-state index contributed by atoms with van der Waals surface area (Å²) in [5.74, 6) is 0.214. The number of nitrogens with zero attached hydrogens (tertiary/aromatic N) is 4. The highest BCUT2D eigenvalue weighted by molar-refractivity contribution is 5.95. The largest absolute Gasteiger partial charge is 0.312 e. The lowest BCUT2D eigenvalue weighted by molar-refractivity contribution is -0.117. The molecule has 1 aliphatic rings.